The lowest BCUT2D eigenvalue weighted by molar-refractivity contribution is -0.141. The molecule has 5 aliphatic rings. The van der Waals surface area contributed by atoms with Gasteiger partial charge in [-0.1, -0.05) is 49.3 Å². The second-order valence-electron chi connectivity index (χ2n) is 16.3. The number of carbonyl (C=O) groups is 5. The number of amides is 5. The highest BCUT2D eigenvalue weighted by molar-refractivity contribution is 7.90. The van der Waals surface area contributed by atoms with Gasteiger partial charge >= 0.3 is 18.4 Å². The van der Waals surface area contributed by atoms with E-state index in [0.717, 1.165) is 17.0 Å². The van der Waals surface area contributed by atoms with Crippen molar-refractivity contribution in [1.82, 2.24) is 25.2 Å². The Bertz CT molecular complexity index is 2020. The van der Waals surface area contributed by atoms with E-state index in [-0.39, 0.29) is 50.6 Å². The molecule has 3 fully saturated rings. The van der Waals surface area contributed by atoms with Gasteiger partial charge in [0.1, 0.15) is 35.2 Å². The number of rotatable bonds is 5. The van der Waals surface area contributed by atoms with E-state index in [4.69, 9.17) is 9.47 Å². The molecule has 0 bridgehead atoms. The number of alkyl halides is 3. The number of fused-ring (bicyclic) bond motifs is 3. The topological polar surface area (TPSA) is 181 Å². The van der Waals surface area contributed by atoms with Crippen molar-refractivity contribution in [3.63, 3.8) is 0 Å². The maximum atomic E-state index is 14.5. The molecule has 2 aliphatic carbocycles. The number of ether oxygens (including phenoxy) is 2. The molecule has 3 N–H and O–H groups in total. The van der Waals surface area contributed by atoms with Gasteiger partial charge in [-0.25, -0.2) is 27.1 Å². The van der Waals surface area contributed by atoms with Gasteiger partial charge in [0.2, 0.25) is 11.8 Å². The average Bonchev–Trinajstić information content (AvgIpc) is 3.42. The molecule has 1 aromatic rings. The Morgan fingerprint density at radius 3 is 2.45 bits per heavy atom. The maximum absolute atomic E-state index is 14.5. The van der Waals surface area contributed by atoms with Gasteiger partial charge in [-0.05, 0) is 64.7 Å². The smallest absolute Gasteiger partial charge is 0.417 e. The third-order valence-corrected chi connectivity index (χ3v) is 12.3. The quantitative estimate of drug-likeness (QED) is 0.275. The molecular formula is C39H47F4N5O9S. The lowest BCUT2D eigenvalue weighted by Gasteiger charge is -2.30. The molecular weight excluding hydrogens is 791 g/mol. The fraction of sp³-hybridized carbons (Fsp3) is 0.564. The van der Waals surface area contributed by atoms with E-state index in [1.54, 1.807) is 49.8 Å². The molecule has 0 aromatic heterocycles. The first-order valence-corrected chi connectivity index (χ1v) is 20.7. The summed E-state index contributed by atoms with van der Waals surface area (Å²) in [6, 6.07) is 0.747. The zero-order chi connectivity index (χ0) is 42.2. The van der Waals surface area contributed by atoms with Crippen LogP contribution in [0.2, 0.25) is 0 Å². The molecule has 19 heteroatoms. The minimum absolute atomic E-state index is 0.0419. The van der Waals surface area contributed by atoms with Gasteiger partial charge in [0.15, 0.2) is 0 Å². The lowest BCUT2D eigenvalue weighted by Crippen LogP contribution is -2.58. The normalized spacial score (nSPS) is 29.7. The number of halogens is 4. The summed E-state index contributed by atoms with van der Waals surface area (Å²) in [4.78, 5) is 70.2. The summed E-state index contributed by atoms with van der Waals surface area (Å²) in [5.41, 5.74) is -4.34. The zero-order valence-corrected chi connectivity index (χ0v) is 33.0. The number of carbonyl (C=O) groups excluding carboxylic acids is 5. The van der Waals surface area contributed by atoms with Crippen LogP contribution in [0.3, 0.4) is 0 Å². The monoisotopic (exact) mass is 837 g/mol. The fourth-order valence-electron chi connectivity index (χ4n) is 7.91. The zero-order valence-electron chi connectivity index (χ0n) is 32.2. The predicted molar refractivity (Wildman–Crippen MR) is 198 cm³/mol. The Hall–Kier alpha value is -4.94. The standard InChI is InChI=1S/C39H47F4N5O9S/c1-37(2,3)57-35(52)44-29-16-8-6-4-5-7-13-24-19-38(24,34(51)46-58(54,55)31-17-10-9-14-27(31)39(41,42)43)45-32(49)30-18-25(21-48(30)33(29)50)56-36(53)47-20-23-12-11-15-28(40)26(23)22-47/h7,9-15,17,23-26,29-30H,4-6,8,16,18-22H2,1-3H3,(H,44,52)(H,45,49)(H,46,51)/b13-7-/t23?,24-,25-,26?,29+,30+,38-/m1/s1. The van der Waals surface area contributed by atoms with Crippen molar-refractivity contribution in [2.24, 2.45) is 17.8 Å². The van der Waals surface area contributed by atoms with Gasteiger partial charge in [-0.15, -0.1) is 0 Å². The molecule has 6 rings (SSSR count). The molecule has 1 aromatic carbocycles. The lowest BCUT2D eigenvalue weighted by atomic mass is 9.91. The SMILES string of the molecule is CC(C)(C)OC(=O)N[C@H]1CCCCC/C=C\[C@@H]2C[C@@]2(C(=O)NS(=O)(=O)c2ccccc2C(F)(F)F)NC(=O)[C@@H]2C[C@@H](OC(=O)N3CC4C=CC=C(F)C4C3)CN2C1=O. The number of allylic oxidation sites excluding steroid dienone is 3. The van der Waals surface area contributed by atoms with Crippen molar-refractivity contribution in [2.45, 2.75) is 106 Å². The van der Waals surface area contributed by atoms with Crippen molar-refractivity contribution in [3.05, 3.63) is 66.0 Å². The molecule has 1 saturated carbocycles. The molecule has 14 nitrogen and oxygen atoms in total. The summed E-state index contributed by atoms with van der Waals surface area (Å²) in [6.07, 6.45) is 2.25. The maximum Gasteiger partial charge on any atom is 0.417 e. The molecule has 0 radical (unpaired) electrons. The summed E-state index contributed by atoms with van der Waals surface area (Å²) < 4.78 is 95.6. The molecule has 316 valence electrons. The third kappa shape index (κ3) is 9.50. The highest BCUT2D eigenvalue weighted by Gasteiger charge is 2.62. The van der Waals surface area contributed by atoms with Gasteiger partial charge in [0.05, 0.1) is 17.0 Å². The Labute approximate surface area is 333 Å². The molecule has 7 atom stereocenters. The van der Waals surface area contributed by atoms with Crippen LogP contribution in [0.15, 0.2) is 65.4 Å². The Balaban J connectivity index is 1.28. The van der Waals surface area contributed by atoms with Crippen molar-refractivity contribution < 1.29 is 59.4 Å². The second-order valence-corrected chi connectivity index (χ2v) is 18.0. The van der Waals surface area contributed by atoms with E-state index in [9.17, 15) is 50.0 Å². The van der Waals surface area contributed by atoms with Crippen LogP contribution >= 0.6 is 0 Å². The molecule has 5 amide bonds. The van der Waals surface area contributed by atoms with Crippen LogP contribution in [0.4, 0.5) is 27.2 Å². The van der Waals surface area contributed by atoms with Gasteiger partial charge < -0.3 is 29.9 Å². The predicted octanol–water partition coefficient (Wildman–Crippen LogP) is 4.88. The first kappa shape index (κ1) is 42.7. The number of hydrogen-bond donors (Lipinski definition) is 3. The summed E-state index contributed by atoms with van der Waals surface area (Å²) in [7, 11) is -5.12. The summed E-state index contributed by atoms with van der Waals surface area (Å²) in [5, 5.41) is 5.21. The van der Waals surface area contributed by atoms with Gasteiger partial charge in [-0.2, -0.15) is 13.2 Å². The number of benzene rings is 1. The van der Waals surface area contributed by atoms with Crippen molar-refractivity contribution in [2.75, 3.05) is 19.6 Å². The van der Waals surface area contributed by atoms with Crippen LogP contribution in [0.5, 0.6) is 0 Å². The minimum atomic E-state index is -5.12. The van der Waals surface area contributed by atoms with Gasteiger partial charge in [-0.3, -0.25) is 14.4 Å². The van der Waals surface area contributed by atoms with E-state index in [1.807, 2.05) is 0 Å². The van der Waals surface area contributed by atoms with E-state index in [2.05, 4.69) is 10.6 Å². The van der Waals surface area contributed by atoms with Gasteiger partial charge in [0, 0.05) is 37.3 Å². The van der Waals surface area contributed by atoms with Crippen LogP contribution in [0, 0.1) is 17.8 Å². The Kier molecular flexibility index (Phi) is 12.0. The average molecular weight is 838 g/mol. The van der Waals surface area contributed by atoms with E-state index >= 15 is 0 Å². The van der Waals surface area contributed by atoms with E-state index in [0.29, 0.717) is 37.8 Å². The number of alkyl carbamates (subject to hydrolysis) is 1. The fourth-order valence-corrected chi connectivity index (χ4v) is 9.18. The van der Waals surface area contributed by atoms with Crippen LogP contribution in [0.1, 0.15) is 71.3 Å². The van der Waals surface area contributed by atoms with Crippen molar-refractivity contribution in [3.8, 4) is 0 Å². The molecule has 2 unspecified atom stereocenters. The van der Waals surface area contributed by atoms with Crippen molar-refractivity contribution in [1.29, 1.82) is 0 Å². The van der Waals surface area contributed by atoms with Crippen LogP contribution in [-0.4, -0.2) is 97.1 Å². The molecule has 2 saturated heterocycles. The summed E-state index contributed by atoms with van der Waals surface area (Å²) in [5.74, 6) is -4.87. The summed E-state index contributed by atoms with van der Waals surface area (Å²) in [6.45, 7) is 4.84. The van der Waals surface area contributed by atoms with Crippen LogP contribution < -0.4 is 15.4 Å². The minimum Gasteiger partial charge on any atom is -0.444 e. The number of hydrogen-bond acceptors (Lipinski definition) is 9. The third-order valence-electron chi connectivity index (χ3n) is 10.9. The first-order chi connectivity index (χ1) is 27.2. The molecule has 58 heavy (non-hydrogen) atoms. The van der Waals surface area contributed by atoms with Crippen LogP contribution in [-0.2, 0) is 40.1 Å². The number of likely N-dealkylation sites (tertiary alicyclic amines) is 1. The highest BCUT2D eigenvalue weighted by atomic mass is 32.2. The number of sulfonamides is 1. The van der Waals surface area contributed by atoms with Crippen LogP contribution in [0.25, 0.3) is 0 Å². The molecule has 3 aliphatic heterocycles. The van der Waals surface area contributed by atoms with Crippen molar-refractivity contribution >= 4 is 39.9 Å². The largest absolute Gasteiger partial charge is 0.444 e. The van der Waals surface area contributed by atoms with E-state index in [1.165, 1.54) is 11.0 Å². The highest BCUT2D eigenvalue weighted by Crippen LogP contribution is 2.46. The molecule has 0 spiro atoms. The molecule has 3 heterocycles. The summed E-state index contributed by atoms with van der Waals surface area (Å²) >= 11 is 0. The first-order valence-electron chi connectivity index (χ1n) is 19.2. The number of nitrogens with zero attached hydrogens (tertiary/aromatic N) is 2. The number of nitrogens with one attached hydrogen (secondary N) is 3. The second kappa shape index (κ2) is 16.4. The van der Waals surface area contributed by atoms with Gasteiger partial charge in [0.25, 0.3) is 15.9 Å². The Morgan fingerprint density at radius 2 is 1.74 bits per heavy atom. The van der Waals surface area contributed by atoms with E-state index < -0.39 is 97.7 Å². The Morgan fingerprint density at radius 1 is 1.00 bits per heavy atom.